The lowest BCUT2D eigenvalue weighted by Crippen LogP contribution is -2.27. The van der Waals surface area contributed by atoms with Gasteiger partial charge < -0.3 is 14.4 Å². The summed E-state index contributed by atoms with van der Waals surface area (Å²) in [7, 11) is 3.42. The quantitative estimate of drug-likeness (QED) is 0.796. The van der Waals surface area contributed by atoms with Crippen molar-refractivity contribution >= 4 is 28.9 Å². The number of alkyl halides is 1. The summed E-state index contributed by atoms with van der Waals surface area (Å²) in [6.07, 6.45) is 0.197. The molecule has 0 aliphatic carbocycles. The largest absolute Gasteiger partial charge is 0.377 e. The monoisotopic (exact) mass is 289 g/mol. The molecule has 1 heterocycles. The van der Waals surface area contributed by atoms with Crippen LogP contribution in [0, 0.1) is 0 Å². The van der Waals surface area contributed by atoms with Gasteiger partial charge in [0.05, 0.1) is 0 Å². The predicted molar refractivity (Wildman–Crippen MR) is 74.8 cm³/mol. The van der Waals surface area contributed by atoms with Crippen molar-refractivity contribution in [1.82, 2.24) is 0 Å². The fraction of sp³-hybridized carbons (Fsp3) is 0.538. The maximum absolute atomic E-state index is 6.17. The first-order valence-corrected chi connectivity index (χ1v) is 6.75. The van der Waals surface area contributed by atoms with Crippen LogP contribution in [0.25, 0.3) is 0 Å². The van der Waals surface area contributed by atoms with Crippen molar-refractivity contribution in [3.05, 3.63) is 28.8 Å². The van der Waals surface area contributed by atoms with Crippen LogP contribution in [0.4, 0.5) is 5.69 Å². The van der Waals surface area contributed by atoms with Crippen LogP contribution in [0.3, 0.4) is 0 Å². The van der Waals surface area contributed by atoms with Crippen LogP contribution in [0.15, 0.2) is 18.2 Å². The Bertz CT molecular complexity index is 402. The fourth-order valence-electron chi connectivity index (χ4n) is 2.25. The number of ether oxygens (including phenoxy) is 2. The fourth-order valence-corrected chi connectivity index (χ4v) is 2.79. The third-order valence-corrected chi connectivity index (χ3v) is 4.01. The highest BCUT2D eigenvalue weighted by Gasteiger charge is 2.33. The molecule has 0 radical (unpaired) electrons. The molecule has 0 spiro atoms. The zero-order valence-electron chi connectivity index (χ0n) is 10.5. The lowest BCUT2D eigenvalue weighted by Gasteiger charge is -2.19. The van der Waals surface area contributed by atoms with Gasteiger partial charge in [-0.2, -0.15) is 0 Å². The molecule has 2 atom stereocenters. The molecule has 2 unspecified atom stereocenters. The first-order valence-electron chi connectivity index (χ1n) is 5.84. The number of rotatable bonds is 4. The van der Waals surface area contributed by atoms with E-state index >= 15 is 0 Å². The van der Waals surface area contributed by atoms with Crippen molar-refractivity contribution in [3.63, 3.8) is 0 Å². The number of nitrogens with zero attached hydrogens (tertiary/aromatic N) is 1. The standard InChI is InChI=1S/C13H17Cl2NO2/c1-17-12-7-16(8-13(12)18-2)10-4-3-9(6-14)11(15)5-10/h3-5,12-13H,6-8H2,1-2H3. The Morgan fingerprint density at radius 2 is 1.83 bits per heavy atom. The van der Waals surface area contributed by atoms with Gasteiger partial charge in [-0.1, -0.05) is 17.7 Å². The topological polar surface area (TPSA) is 21.7 Å². The van der Waals surface area contributed by atoms with E-state index in [2.05, 4.69) is 4.90 Å². The molecular weight excluding hydrogens is 273 g/mol. The second-order valence-electron chi connectivity index (χ2n) is 4.36. The van der Waals surface area contributed by atoms with Crippen molar-refractivity contribution in [2.75, 3.05) is 32.2 Å². The van der Waals surface area contributed by atoms with Crippen LogP contribution < -0.4 is 4.90 Å². The molecular formula is C13H17Cl2NO2. The Kier molecular flexibility index (Phi) is 4.73. The van der Waals surface area contributed by atoms with Crippen LogP contribution in [-0.2, 0) is 15.4 Å². The molecule has 1 aromatic carbocycles. The highest BCUT2D eigenvalue weighted by molar-refractivity contribution is 6.32. The molecule has 1 aliphatic heterocycles. The minimum atomic E-state index is 0.0986. The SMILES string of the molecule is COC1CN(c2ccc(CCl)c(Cl)c2)CC1OC. The zero-order chi connectivity index (χ0) is 13.1. The van der Waals surface area contributed by atoms with Gasteiger partial charge in [0.25, 0.3) is 0 Å². The van der Waals surface area contributed by atoms with Gasteiger partial charge in [0.2, 0.25) is 0 Å². The first-order chi connectivity index (χ1) is 8.69. The summed E-state index contributed by atoms with van der Waals surface area (Å²) in [5.74, 6) is 0.431. The maximum atomic E-state index is 6.17. The average Bonchev–Trinajstić information content (AvgIpc) is 2.81. The maximum Gasteiger partial charge on any atom is 0.102 e. The third-order valence-electron chi connectivity index (χ3n) is 3.37. The molecule has 18 heavy (non-hydrogen) atoms. The van der Waals surface area contributed by atoms with Crippen LogP contribution >= 0.6 is 23.2 Å². The number of methoxy groups -OCH3 is 2. The second-order valence-corrected chi connectivity index (χ2v) is 5.04. The summed E-state index contributed by atoms with van der Waals surface area (Å²) in [6, 6.07) is 5.95. The highest BCUT2D eigenvalue weighted by Crippen LogP contribution is 2.28. The minimum absolute atomic E-state index is 0.0986. The summed E-state index contributed by atoms with van der Waals surface area (Å²) < 4.78 is 10.8. The molecule has 2 rings (SSSR count). The number of hydrogen-bond donors (Lipinski definition) is 0. The third kappa shape index (κ3) is 2.75. The minimum Gasteiger partial charge on any atom is -0.377 e. The van der Waals surface area contributed by atoms with Gasteiger partial charge in [0.1, 0.15) is 12.2 Å². The van der Waals surface area contributed by atoms with E-state index in [0.29, 0.717) is 10.9 Å². The van der Waals surface area contributed by atoms with Crippen molar-refractivity contribution in [1.29, 1.82) is 0 Å². The highest BCUT2D eigenvalue weighted by atomic mass is 35.5. The lowest BCUT2D eigenvalue weighted by atomic mass is 10.2. The average molecular weight is 290 g/mol. The van der Waals surface area contributed by atoms with E-state index in [-0.39, 0.29) is 12.2 Å². The summed E-state index contributed by atoms with van der Waals surface area (Å²) in [4.78, 5) is 2.21. The summed E-state index contributed by atoms with van der Waals surface area (Å²) in [5, 5.41) is 0.706. The molecule has 0 aromatic heterocycles. The van der Waals surface area contributed by atoms with E-state index in [1.807, 2.05) is 18.2 Å². The Hall–Kier alpha value is -0.480. The molecule has 0 bridgehead atoms. The molecule has 0 amide bonds. The van der Waals surface area contributed by atoms with E-state index in [1.165, 1.54) is 0 Å². The van der Waals surface area contributed by atoms with Gasteiger partial charge >= 0.3 is 0 Å². The molecule has 1 aromatic rings. The molecule has 100 valence electrons. The van der Waals surface area contributed by atoms with Crippen molar-refractivity contribution in [2.45, 2.75) is 18.1 Å². The first kappa shape index (κ1) is 13.9. The smallest absolute Gasteiger partial charge is 0.102 e. The van der Waals surface area contributed by atoms with Crippen molar-refractivity contribution in [2.24, 2.45) is 0 Å². The Morgan fingerprint density at radius 1 is 1.22 bits per heavy atom. The van der Waals surface area contributed by atoms with E-state index in [9.17, 15) is 0 Å². The molecule has 5 heteroatoms. The zero-order valence-corrected chi connectivity index (χ0v) is 12.0. The number of anilines is 1. The van der Waals surface area contributed by atoms with Gasteiger partial charge in [0.15, 0.2) is 0 Å². The van der Waals surface area contributed by atoms with Gasteiger partial charge in [0, 0.05) is 43.9 Å². The Morgan fingerprint density at radius 3 is 2.28 bits per heavy atom. The molecule has 0 saturated carbocycles. The van der Waals surface area contributed by atoms with E-state index in [0.717, 1.165) is 24.3 Å². The van der Waals surface area contributed by atoms with Crippen molar-refractivity contribution in [3.8, 4) is 0 Å². The number of benzene rings is 1. The Labute approximate surface area is 118 Å². The molecule has 3 nitrogen and oxygen atoms in total. The number of hydrogen-bond acceptors (Lipinski definition) is 3. The predicted octanol–water partition coefficient (Wildman–Crippen LogP) is 2.93. The molecule has 0 N–H and O–H groups in total. The van der Waals surface area contributed by atoms with Gasteiger partial charge in [-0.25, -0.2) is 0 Å². The van der Waals surface area contributed by atoms with E-state index in [4.69, 9.17) is 32.7 Å². The van der Waals surface area contributed by atoms with Crippen LogP contribution in [0.5, 0.6) is 0 Å². The normalized spacial score (nSPS) is 23.7. The summed E-state index contributed by atoms with van der Waals surface area (Å²) >= 11 is 12.0. The van der Waals surface area contributed by atoms with E-state index in [1.54, 1.807) is 14.2 Å². The summed E-state index contributed by atoms with van der Waals surface area (Å²) in [6.45, 7) is 1.62. The van der Waals surface area contributed by atoms with Gasteiger partial charge in [-0.3, -0.25) is 0 Å². The summed E-state index contributed by atoms with van der Waals surface area (Å²) in [5.41, 5.74) is 2.03. The van der Waals surface area contributed by atoms with Crippen LogP contribution in [-0.4, -0.2) is 39.5 Å². The van der Waals surface area contributed by atoms with Crippen LogP contribution in [0.1, 0.15) is 5.56 Å². The second kappa shape index (κ2) is 6.11. The van der Waals surface area contributed by atoms with Crippen molar-refractivity contribution < 1.29 is 9.47 Å². The molecule has 1 aliphatic rings. The molecule has 1 saturated heterocycles. The van der Waals surface area contributed by atoms with Crippen LogP contribution in [0.2, 0.25) is 5.02 Å². The van der Waals surface area contributed by atoms with Gasteiger partial charge in [-0.05, 0) is 17.7 Å². The molecule has 1 fully saturated rings. The Balaban J connectivity index is 2.15. The van der Waals surface area contributed by atoms with Gasteiger partial charge in [-0.15, -0.1) is 11.6 Å². The number of halogens is 2. The lowest BCUT2D eigenvalue weighted by molar-refractivity contribution is -0.00461. The van der Waals surface area contributed by atoms with E-state index < -0.39 is 0 Å².